The fourth-order valence-electron chi connectivity index (χ4n) is 3.61. The first-order chi connectivity index (χ1) is 10.9. The van der Waals surface area contributed by atoms with Gasteiger partial charge in [-0.05, 0) is 43.0 Å². The molecular formula is C18H23NO4. The van der Waals surface area contributed by atoms with E-state index in [9.17, 15) is 9.59 Å². The monoisotopic (exact) mass is 317 g/mol. The maximum absolute atomic E-state index is 13.0. The molecule has 2 heterocycles. The Labute approximate surface area is 136 Å². The van der Waals surface area contributed by atoms with Crippen LogP contribution in [0.1, 0.15) is 41.0 Å². The standard InChI is InChI=1S/C18H23NO4/c1-11-9-13(3)14(10-12(11)2)15-16(20)18(23-17(15)21)5-7-19(22-4)8-6-18/h9-10,15H,5-8H2,1-4H3. The highest BCUT2D eigenvalue weighted by atomic mass is 16.7. The molecule has 1 aromatic carbocycles. The third-order valence-electron chi connectivity index (χ3n) is 5.22. The Morgan fingerprint density at radius 2 is 1.70 bits per heavy atom. The molecule has 2 saturated heterocycles. The Morgan fingerprint density at radius 1 is 1.09 bits per heavy atom. The van der Waals surface area contributed by atoms with Gasteiger partial charge in [-0.2, -0.15) is 5.06 Å². The molecule has 5 nitrogen and oxygen atoms in total. The first-order valence-electron chi connectivity index (χ1n) is 8.02. The Bertz CT molecular complexity index is 659. The first-order valence-corrected chi connectivity index (χ1v) is 8.02. The highest BCUT2D eigenvalue weighted by Gasteiger charge is 2.56. The summed E-state index contributed by atoms with van der Waals surface area (Å²) in [4.78, 5) is 30.7. The van der Waals surface area contributed by atoms with Crippen molar-refractivity contribution in [2.45, 2.75) is 45.1 Å². The van der Waals surface area contributed by atoms with E-state index in [-0.39, 0.29) is 5.78 Å². The summed E-state index contributed by atoms with van der Waals surface area (Å²) in [6, 6.07) is 3.99. The number of hydroxylamine groups is 2. The number of piperidine rings is 1. The molecule has 2 fully saturated rings. The molecule has 1 spiro atoms. The zero-order valence-corrected chi connectivity index (χ0v) is 14.1. The number of aryl methyl sites for hydroxylation is 3. The van der Waals surface area contributed by atoms with Gasteiger partial charge < -0.3 is 9.57 Å². The van der Waals surface area contributed by atoms with Crippen molar-refractivity contribution >= 4 is 11.8 Å². The molecule has 23 heavy (non-hydrogen) atoms. The van der Waals surface area contributed by atoms with Crippen LogP contribution in [-0.2, 0) is 19.2 Å². The molecule has 1 aromatic rings. The van der Waals surface area contributed by atoms with Crippen LogP contribution in [-0.4, -0.2) is 42.6 Å². The van der Waals surface area contributed by atoms with Crippen LogP contribution < -0.4 is 0 Å². The summed E-state index contributed by atoms with van der Waals surface area (Å²) in [5.74, 6) is -1.29. The lowest BCUT2D eigenvalue weighted by atomic mass is 9.80. The number of hydrogen-bond acceptors (Lipinski definition) is 5. The second-order valence-electron chi connectivity index (χ2n) is 6.62. The fourth-order valence-corrected chi connectivity index (χ4v) is 3.61. The molecule has 0 aromatic heterocycles. The Hall–Kier alpha value is -1.72. The quantitative estimate of drug-likeness (QED) is 0.618. The highest BCUT2D eigenvalue weighted by molar-refractivity contribution is 6.13. The van der Waals surface area contributed by atoms with Crippen molar-refractivity contribution in [3.63, 3.8) is 0 Å². The van der Waals surface area contributed by atoms with E-state index in [2.05, 4.69) is 0 Å². The molecule has 2 aliphatic heterocycles. The summed E-state index contributed by atoms with van der Waals surface area (Å²) in [7, 11) is 1.61. The Balaban J connectivity index is 1.92. The average Bonchev–Trinajstić information content (AvgIpc) is 2.75. The van der Waals surface area contributed by atoms with Gasteiger partial charge in [0.1, 0.15) is 5.92 Å². The smallest absolute Gasteiger partial charge is 0.322 e. The second kappa shape index (κ2) is 5.73. The zero-order chi connectivity index (χ0) is 16.8. The number of nitrogens with zero attached hydrogens (tertiary/aromatic N) is 1. The molecule has 0 amide bonds. The first kappa shape index (κ1) is 16.1. The summed E-state index contributed by atoms with van der Waals surface area (Å²) in [6.07, 6.45) is 0.984. The maximum atomic E-state index is 13.0. The molecule has 124 valence electrons. The van der Waals surface area contributed by atoms with E-state index in [0.29, 0.717) is 25.9 Å². The van der Waals surface area contributed by atoms with Crippen LogP contribution in [0.3, 0.4) is 0 Å². The minimum atomic E-state index is -0.970. The minimum Gasteiger partial charge on any atom is -0.450 e. The largest absolute Gasteiger partial charge is 0.450 e. The van der Waals surface area contributed by atoms with E-state index in [0.717, 1.165) is 22.3 Å². The highest BCUT2D eigenvalue weighted by Crippen LogP contribution is 2.41. The molecule has 3 rings (SSSR count). The minimum absolute atomic E-state index is 0.0930. The van der Waals surface area contributed by atoms with Crippen molar-refractivity contribution in [1.29, 1.82) is 0 Å². The van der Waals surface area contributed by atoms with Crippen molar-refractivity contribution in [2.24, 2.45) is 0 Å². The molecular weight excluding hydrogens is 294 g/mol. The number of rotatable bonds is 2. The number of esters is 1. The van der Waals surface area contributed by atoms with Crippen LogP contribution in [0.5, 0.6) is 0 Å². The third kappa shape index (κ3) is 2.58. The van der Waals surface area contributed by atoms with Crippen LogP contribution >= 0.6 is 0 Å². The van der Waals surface area contributed by atoms with Gasteiger partial charge >= 0.3 is 5.97 Å². The topological polar surface area (TPSA) is 55.8 Å². The van der Waals surface area contributed by atoms with Gasteiger partial charge in [-0.25, -0.2) is 0 Å². The number of carbonyl (C=O) groups excluding carboxylic acids is 2. The van der Waals surface area contributed by atoms with Crippen molar-refractivity contribution in [3.05, 3.63) is 34.4 Å². The van der Waals surface area contributed by atoms with Crippen molar-refractivity contribution in [2.75, 3.05) is 20.2 Å². The van der Waals surface area contributed by atoms with E-state index >= 15 is 0 Å². The molecule has 0 saturated carbocycles. The molecule has 1 atom stereocenters. The molecule has 0 bridgehead atoms. The molecule has 2 aliphatic rings. The molecule has 0 N–H and O–H groups in total. The Morgan fingerprint density at radius 3 is 2.30 bits per heavy atom. The van der Waals surface area contributed by atoms with Gasteiger partial charge in [0.15, 0.2) is 11.4 Å². The number of hydrogen-bond donors (Lipinski definition) is 0. The molecule has 0 aliphatic carbocycles. The summed E-state index contributed by atoms with van der Waals surface area (Å²) >= 11 is 0. The zero-order valence-electron chi connectivity index (χ0n) is 14.1. The predicted molar refractivity (Wildman–Crippen MR) is 85.0 cm³/mol. The molecule has 0 radical (unpaired) electrons. The third-order valence-corrected chi connectivity index (χ3v) is 5.22. The lowest BCUT2D eigenvalue weighted by Gasteiger charge is -2.35. The number of benzene rings is 1. The maximum Gasteiger partial charge on any atom is 0.322 e. The summed E-state index contributed by atoms with van der Waals surface area (Å²) in [5.41, 5.74) is 3.03. The van der Waals surface area contributed by atoms with E-state index in [1.807, 2.05) is 32.9 Å². The van der Waals surface area contributed by atoms with Crippen molar-refractivity contribution < 1.29 is 19.2 Å². The van der Waals surface area contributed by atoms with E-state index < -0.39 is 17.5 Å². The lowest BCUT2D eigenvalue weighted by molar-refractivity contribution is -0.184. The van der Waals surface area contributed by atoms with Gasteiger partial charge in [-0.15, -0.1) is 0 Å². The van der Waals surface area contributed by atoms with Crippen LogP contribution in [0.4, 0.5) is 0 Å². The van der Waals surface area contributed by atoms with E-state index in [1.165, 1.54) is 0 Å². The number of carbonyl (C=O) groups is 2. The van der Waals surface area contributed by atoms with Crippen molar-refractivity contribution in [3.8, 4) is 0 Å². The molecule has 1 unspecified atom stereocenters. The van der Waals surface area contributed by atoms with Gasteiger partial charge in [0.25, 0.3) is 0 Å². The van der Waals surface area contributed by atoms with Crippen LogP contribution in [0, 0.1) is 20.8 Å². The van der Waals surface area contributed by atoms with Gasteiger partial charge in [0.05, 0.1) is 7.11 Å². The van der Waals surface area contributed by atoms with Gasteiger partial charge in [0, 0.05) is 25.9 Å². The second-order valence-corrected chi connectivity index (χ2v) is 6.62. The van der Waals surface area contributed by atoms with Crippen LogP contribution in [0.15, 0.2) is 12.1 Å². The number of ketones is 1. The predicted octanol–water partition coefficient (Wildman–Crippen LogP) is 2.22. The number of ether oxygens (including phenoxy) is 1. The average molecular weight is 317 g/mol. The Kier molecular flexibility index (Phi) is 4.02. The van der Waals surface area contributed by atoms with Crippen LogP contribution in [0.25, 0.3) is 0 Å². The van der Waals surface area contributed by atoms with E-state index in [1.54, 1.807) is 12.2 Å². The van der Waals surface area contributed by atoms with Crippen molar-refractivity contribution in [1.82, 2.24) is 5.06 Å². The fraction of sp³-hybridized carbons (Fsp3) is 0.556. The summed E-state index contributed by atoms with van der Waals surface area (Å²) in [5, 5.41) is 1.79. The normalized spacial score (nSPS) is 24.3. The summed E-state index contributed by atoms with van der Waals surface area (Å²) in [6.45, 7) is 7.15. The van der Waals surface area contributed by atoms with E-state index in [4.69, 9.17) is 9.57 Å². The molecule has 5 heteroatoms. The lowest BCUT2D eigenvalue weighted by Crippen LogP contribution is -2.48. The van der Waals surface area contributed by atoms with Gasteiger partial charge in [-0.1, -0.05) is 12.1 Å². The van der Waals surface area contributed by atoms with Gasteiger partial charge in [0.2, 0.25) is 0 Å². The SMILES string of the molecule is CON1CCC2(CC1)OC(=O)C(c1cc(C)c(C)cc1C)C2=O. The van der Waals surface area contributed by atoms with Crippen LogP contribution in [0.2, 0.25) is 0 Å². The van der Waals surface area contributed by atoms with Gasteiger partial charge in [-0.3, -0.25) is 9.59 Å². The number of Topliss-reactive ketones (excluding diaryl/α,β-unsaturated/α-hetero) is 1. The summed E-state index contributed by atoms with van der Waals surface area (Å²) < 4.78 is 5.62.